The Morgan fingerprint density at radius 3 is 2.83 bits per heavy atom. The number of hydrogen-bond acceptors (Lipinski definition) is 5. The molecule has 1 saturated heterocycles. The molecule has 0 bridgehead atoms. The molecule has 6 nitrogen and oxygen atoms in total. The van der Waals surface area contributed by atoms with Crippen LogP contribution in [-0.2, 0) is 4.74 Å². The van der Waals surface area contributed by atoms with Gasteiger partial charge in [0.2, 0.25) is 0 Å². The number of pyridine rings is 1. The van der Waals surface area contributed by atoms with Gasteiger partial charge in [-0.25, -0.2) is 4.98 Å². The van der Waals surface area contributed by atoms with E-state index in [1.807, 2.05) is 11.0 Å². The van der Waals surface area contributed by atoms with Crippen LogP contribution in [0.4, 0.5) is 11.5 Å². The van der Waals surface area contributed by atoms with Crippen molar-refractivity contribution in [3.05, 3.63) is 52.7 Å². The third kappa shape index (κ3) is 3.48. The van der Waals surface area contributed by atoms with Crippen molar-refractivity contribution < 1.29 is 9.53 Å². The fourth-order valence-corrected chi connectivity index (χ4v) is 2.71. The average molecular weight is 343 g/mol. The lowest BCUT2D eigenvalue weighted by molar-refractivity contribution is 0.102. The normalized spacial score (nSPS) is 14.1. The Bertz CT molecular complexity index is 797. The van der Waals surface area contributed by atoms with Crippen molar-refractivity contribution in [2.45, 2.75) is 0 Å². The molecule has 0 saturated carbocycles. The van der Waals surface area contributed by atoms with Gasteiger partial charge in [0, 0.05) is 25.0 Å². The highest BCUT2D eigenvalue weighted by Gasteiger charge is 2.20. The molecule has 24 heavy (non-hydrogen) atoms. The molecule has 0 atom stereocenters. The van der Waals surface area contributed by atoms with E-state index < -0.39 is 0 Å². The van der Waals surface area contributed by atoms with Crippen LogP contribution in [0.2, 0.25) is 5.02 Å². The molecule has 1 aromatic heterocycles. The zero-order valence-corrected chi connectivity index (χ0v) is 13.6. The molecule has 0 spiro atoms. The molecule has 3 rings (SSSR count). The number of amides is 1. The molecule has 1 aliphatic rings. The van der Waals surface area contributed by atoms with Crippen LogP contribution in [-0.4, -0.2) is 37.2 Å². The van der Waals surface area contributed by atoms with Gasteiger partial charge in [-0.3, -0.25) is 4.79 Å². The number of aromatic nitrogens is 1. The number of halogens is 1. The average Bonchev–Trinajstić information content (AvgIpc) is 2.62. The van der Waals surface area contributed by atoms with Crippen LogP contribution in [0.3, 0.4) is 0 Å². The number of nitrogens with zero attached hydrogens (tertiary/aromatic N) is 3. The molecule has 1 N–H and O–H groups in total. The quantitative estimate of drug-likeness (QED) is 0.927. The smallest absolute Gasteiger partial charge is 0.259 e. The second-order valence-electron chi connectivity index (χ2n) is 5.23. The van der Waals surface area contributed by atoms with Crippen LogP contribution in [0, 0.1) is 11.3 Å². The molecule has 0 aliphatic carbocycles. The molecule has 1 aliphatic heterocycles. The molecule has 122 valence electrons. The second-order valence-corrected chi connectivity index (χ2v) is 5.64. The van der Waals surface area contributed by atoms with Crippen LogP contribution < -0.4 is 10.2 Å². The Balaban J connectivity index is 1.83. The number of carbonyl (C=O) groups excluding carboxylic acids is 1. The van der Waals surface area contributed by atoms with Crippen molar-refractivity contribution >= 4 is 29.0 Å². The summed E-state index contributed by atoms with van der Waals surface area (Å²) in [5.41, 5.74) is 1.38. The van der Waals surface area contributed by atoms with E-state index in [0.29, 0.717) is 54.0 Å². The number of carbonyl (C=O) groups is 1. The second kappa shape index (κ2) is 7.30. The number of rotatable bonds is 3. The first-order valence-corrected chi connectivity index (χ1v) is 7.85. The summed E-state index contributed by atoms with van der Waals surface area (Å²) < 4.78 is 5.34. The van der Waals surface area contributed by atoms with Crippen LogP contribution in [0.1, 0.15) is 15.9 Å². The molecular formula is C17H15ClN4O2. The van der Waals surface area contributed by atoms with Crippen molar-refractivity contribution in [3.63, 3.8) is 0 Å². The van der Waals surface area contributed by atoms with Gasteiger partial charge in [0.15, 0.2) is 0 Å². The van der Waals surface area contributed by atoms with Gasteiger partial charge in [0.25, 0.3) is 5.91 Å². The topological polar surface area (TPSA) is 78.2 Å². The summed E-state index contributed by atoms with van der Waals surface area (Å²) in [6.07, 6.45) is 1.67. The van der Waals surface area contributed by atoms with Crippen molar-refractivity contribution in [2.24, 2.45) is 0 Å². The van der Waals surface area contributed by atoms with Gasteiger partial charge in [0.1, 0.15) is 11.9 Å². The third-order valence-electron chi connectivity index (χ3n) is 3.69. The van der Waals surface area contributed by atoms with Gasteiger partial charge >= 0.3 is 0 Å². The maximum atomic E-state index is 12.6. The minimum atomic E-state index is -0.273. The summed E-state index contributed by atoms with van der Waals surface area (Å²) in [7, 11) is 0. The molecule has 7 heteroatoms. The SMILES string of the molecule is N#Cc1ccc(NC(=O)c2cccnc2N2CCOCC2)cc1Cl. The maximum Gasteiger partial charge on any atom is 0.259 e. The standard InChI is InChI=1S/C17H15ClN4O2/c18-15-10-13(4-3-12(15)11-19)21-17(23)14-2-1-5-20-16(14)22-6-8-24-9-7-22/h1-5,10H,6-9H2,(H,21,23). The van der Waals surface area contributed by atoms with E-state index in [1.165, 1.54) is 0 Å². The Hall–Kier alpha value is -2.62. The fourth-order valence-electron chi connectivity index (χ4n) is 2.48. The monoisotopic (exact) mass is 342 g/mol. The molecule has 0 radical (unpaired) electrons. The van der Waals surface area contributed by atoms with Gasteiger partial charge in [-0.1, -0.05) is 11.6 Å². The van der Waals surface area contributed by atoms with Crippen molar-refractivity contribution in [2.75, 3.05) is 36.5 Å². The summed E-state index contributed by atoms with van der Waals surface area (Å²) >= 11 is 6.00. The Kier molecular flexibility index (Phi) is 4.94. The molecule has 2 heterocycles. The Labute approximate surface area is 144 Å². The van der Waals surface area contributed by atoms with Crippen LogP contribution >= 0.6 is 11.6 Å². The summed E-state index contributed by atoms with van der Waals surface area (Å²) in [5, 5.41) is 12.0. The zero-order valence-electron chi connectivity index (χ0n) is 12.8. The molecule has 2 aromatic rings. The number of nitriles is 1. The Morgan fingerprint density at radius 1 is 1.33 bits per heavy atom. The molecule has 0 unspecified atom stereocenters. The van der Waals surface area contributed by atoms with E-state index >= 15 is 0 Å². The lowest BCUT2D eigenvalue weighted by Gasteiger charge is -2.29. The van der Waals surface area contributed by atoms with Gasteiger partial charge in [-0.05, 0) is 30.3 Å². The van der Waals surface area contributed by atoms with Crippen LogP contribution in [0.5, 0.6) is 0 Å². The number of hydrogen-bond donors (Lipinski definition) is 1. The van der Waals surface area contributed by atoms with Gasteiger partial charge in [-0.15, -0.1) is 0 Å². The van der Waals surface area contributed by atoms with E-state index in [1.54, 1.807) is 36.5 Å². The van der Waals surface area contributed by atoms with E-state index in [9.17, 15) is 4.79 Å². The fraction of sp³-hybridized carbons (Fsp3) is 0.235. The van der Waals surface area contributed by atoms with E-state index in [2.05, 4.69) is 10.3 Å². The van der Waals surface area contributed by atoms with E-state index in [-0.39, 0.29) is 5.91 Å². The predicted octanol–water partition coefficient (Wildman–Crippen LogP) is 2.70. The maximum absolute atomic E-state index is 12.6. The summed E-state index contributed by atoms with van der Waals surface area (Å²) in [6.45, 7) is 2.62. The zero-order chi connectivity index (χ0) is 16.9. The number of ether oxygens (including phenoxy) is 1. The predicted molar refractivity (Wildman–Crippen MR) is 91.4 cm³/mol. The first-order valence-electron chi connectivity index (χ1n) is 7.48. The third-order valence-corrected chi connectivity index (χ3v) is 4.00. The number of nitrogens with one attached hydrogen (secondary N) is 1. The molecule has 1 aromatic carbocycles. The lowest BCUT2D eigenvalue weighted by atomic mass is 10.2. The summed E-state index contributed by atoms with van der Waals surface area (Å²) in [4.78, 5) is 19.0. The Morgan fingerprint density at radius 2 is 2.12 bits per heavy atom. The van der Waals surface area contributed by atoms with Crippen molar-refractivity contribution in [3.8, 4) is 6.07 Å². The highest BCUT2D eigenvalue weighted by atomic mass is 35.5. The number of benzene rings is 1. The number of anilines is 2. The van der Waals surface area contributed by atoms with Gasteiger partial charge in [0.05, 0.1) is 29.4 Å². The summed E-state index contributed by atoms with van der Waals surface area (Å²) in [5.74, 6) is 0.364. The lowest BCUT2D eigenvalue weighted by Crippen LogP contribution is -2.38. The van der Waals surface area contributed by atoms with E-state index in [4.69, 9.17) is 21.6 Å². The van der Waals surface area contributed by atoms with E-state index in [0.717, 1.165) is 0 Å². The van der Waals surface area contributed by atoms with Crippen LogP contribution in [0.25, 0.3) is 0 Å². The van der Waals surface area contributed by atoms with Gasteiger partial charge in [-0.2, -0.15) is 5.26 Å². The first kappa shape index (κ1) is 16.2. The summed E-state index contributed by atoms with van der Waals surface area (Å²) in [6, 6.07) is 10.2. The van der Waals surface area contributed by atoms with Crippen molar-refractivity contribution in [1.29, 1.82) is 5.26 Å². The van der Waals surface area contributed by atoms with Crippen LogP contribution in [0.15, 0.2) is 36.5 Å². The number of morpholine rings is 1. The highest BCUT2D eigenvalue weighted by molar-refractivity contribution is 6.32. The largest absolute Gasteiger partial charge is 0.378 e. The van der Waals surface area contributed by atoms with Gasteiger partial charge < -0.3 is 15.0 Å². The molecule has 1 fully saturated rings. The minimum Gasteiger partial charge on any atom is -0.378 e. The first-order chi connectivity index (χ1) is 11.7. The van der Waals surface area contributed by atoms with Crippen molar-refractivity contribution in [1.82, 2.24) is 4.98 Å². The molecular weight excluding hydrogens is 328 g/mol. The minimum absolute atomic E-state index is 0.273. The highest BCUT2D eigenvalue weighted by Crippen LogP contribution is 2.23. The molecule has 1 amide bonds.